The predicted octanol–water partition coefficient (Wildman–Crippen LogP) is 2.96. The quantitative estimate of drug-likeness (QED) is 0.471. The van der Waals surface area contributed by atoms with E-state index in [0.717, 1.165) is 0 Å². The number of ketones is 2. The van der Waals surface area contributed by atoms with Crippen LogP contribution < -0.4 is 9.47 Å². The zero-order valence-corrected chi connectivity index (χ0v) is 21.2. The number of hydrogen-bond donors (Lipinski definition) is 1. The lowest BCUT2D eigenvalue weighted by molar-refractivity contribution is -0.139. The largest absolute Gasteiger partial charge is 0.490 e. The molecule has 0 heterocycles. The van der Waals surface area contributed by atoms with Crippen molar-refractivity contribution in [1.82, 2.24) is 0 Å². The summed E-state index contributed by atoms with van der Waals surface area (Å²) in [5.41, 5.74) is 2.49. The van der Waals surface area contributed by atoms with Crippen molar-refractivity contribution in [3.8, 4) is 11.5 Å². The van der Waals surface area contributed by atoms with Gasteiger partial charge in [-0.05, 0) is 49.3 Å². The average Bonchev–Trinajstić information content (AvgIpc) is 2.90. The van der Waals surface area contributed by atoms with Gasteiger partial charge in [0, 0.05) is 24.0 Å². The summed E-state index contributed by atoms with van der Waals surface area (Å²) in [5, 5.41) is 10.5. The van der Waals surface area contributed by atoms with Gasteiger partial charge in [-0.1, -0.05) is 24.3 Å². The molecular formula is C29H28O9. The Bertz CT molecular complexity index is 1230. The van der Waals surface area contributed by atoms with Crippen molar-refractivity contribution in [3.63, 3.8) is 0 Å². The minimum absolute atomic E-state index is 0.173. The van der Waals surface area contributed by atoms with Gasteiger partial charge in [-0.2, -0.15) is 0 Å². The number of allylic oxidation sites excluding steroid dienone is 2. The molecule has 4 rings (SSSR count). The van der Waals surface area contributed by atoms with Gasteiger partial charge in [-0.15, -0.1) is 0 Å². The summed E-state index contributed by atoms with van der Waals surface area (Å²) in [6.07, 6.45) is 1.91. The lowest BCUT2D eigenvalue weighted by Crippen LogP contribution is -2.27. The van der Waals surface area contributed by atoms with E-state index in [9.17, 15) is 24.3 Å². The summed E-state index contributed by atoms with van der Waals surface area (Å²) in [4.78, 5) is 49.6. The Kier molecular flexibility index (Phi) is 8.38. The van der Waals surface area contributed by atoms with E-state index in [-0.39, 0.29) is 73.5 Å². The zero-order valence-electron chi connectivity index (χ0n) is 21.2. The number of carbonyl (C=O) groups excluding carboxylic acids is 4. The second-order valence-electron chi connectivity index (χ2n) is 8.72. The lowest BCUT2D eigenvalue weighted by atomic mass is 9.90. The van der Waals surface area contributed by atoms with Gasteiger partial charge in [0.25, 0.3) is 0 Å². The van der Waals surface area contributed by atoms with E-state index in [4.69, 9.17) is 18.9 Å². The summed E-state index contributed by atoms with van der Waals surface area (Å²) < 4.78 is 21.5. The number of hydrogen-bond acceptors (Lipinski definition) is 9. The van der Waals surface area contributed by atoms with Crippen LogP contribution in [-0.2, 0) is 31.9 Å². The maximum absolute atomic E-state index is 12.7. The van der Waals surface area contributed by atoms with E-state index in [2.05, 4.69) is 0 Å². The van der Waals surface area contributed by atoms with Crippen LogP contribution in [0, 0.1) is 0 Å². The van der Waals surface area contributed by atoms with Gasteiger partial charge in [0.1, 0.15) is 30.8 Å². The molecule has 198 valence electrons. The molecule has 0 radical (unpaired) electrons. The highest BCUT2D eigenvalue weighted by molar-refractivity contribution is 6.14. The van der Waals surface area contributed by atoms with Crippen molar-refractivity contribution in [1.29, 1.82) is 0 Å². The van der Waals surface area contributed by atoms with Crippen LogP contribution in [0.5, 0.6) is 11.5 Å². The monoisotopic (exact) mass is 520 g/mol. The lowest BCUT2D eigenvalue weighted by Gasteiger charge is -2.21. The molecule has 0 unspecified atom stereocenters. The number of rotatable bonds is 10. The fourth-order valence-electron chi connectivity index (χ4n) is 4.35. The number of fused-ring (bicyclic) bond motifs is 2. The third-order valence-corrected chi connectivity index (χ3v) is 6.03. The number of aliphatic hydroxyl groups is 1. The first-order valence-electron chi connectivity index (χ1n) is 12.3. The van der Waals surface area contributed by atoms with Crippen LogP contribution in [-0.4, -0.2) is 61.1 Å². The first-order valence-corrected chi connectivity index (χ1v) is 12.3. The Morgan fingerprint density at radius 1 is 0.763 bits per heavy atom. The van der Waals surface area contributed by atoms with Crippen LogP contribution in [0.2, 0.25) is 0 Å². The molecule has 2 aromatic rings. The molecule has 0 saturated heterocycles. The van der Waals surface area contributed by atoms with Crippen LogP contribution >= 0.6 is 0 Å². The molecule has 0 amide bonds. The summed E-state index contributed by atoms with van der Waals surface area (Å²) in [5.74, 6) is -1.23. The van der Waals surface area contributed by atoms with Crippen LogP contribution in [0.15, 0.2) is 59.7 Å². The fourth-order valence-corrected chi connectivity index (χ4v) is 4.35. The highest BCUT2D eigenvalue weighted by atomic mass is 16.5. The predicted molar refractivity (Wildman–Crippen MR) is 135 cm³/mol. The summed E-state index contributed by atoms with van der Waals surface area (Å²) >= 11 is 0. The number of carbonyl (C=O) groups is 4. The molecule has 2 aromatic carbocycles. The minimum atomic E-state index is -1.07. The molecule has 2 aliphatic carbocycles. The van der Waals surface area contributed by atoms with Crippen molar-refractivity contribution < 1.29 is 43.2 Å². The summed E-state index contributed by atoms with van der Waals surface area (Å²) in [6, 6.07) is 10.1. The standard InChI is InChI=1S/C29H28O9/c1-3-35-28(33)19-11-17-7-5-9-24(26(17)22(31)13-19)37-15-21(30)16-38-25-10-6-8-18-12-20(29(34)36-4-2)14-23(32)27(18)25/h5-10,13-14,21,30H,3-4,11-12,15-16H2,1-2H3. The van der Waals surface area contributed by atoms with Crippen molar-refractivity contribution >= 4 is 23.5 Å². The summed E-state index contributed by atoms with van der Waals surface area (Å²) in [6.45, 7) is 3.47. The number of esters is 2. The molecule has 0 atom stereocenters. The molecule has 0 aliphatic heterocycles. The van der Waals surface area contributed by atoms with Crippen LogP contribution in [0.25, 0.3) is 0 Å². The molecule has 38 heavy (non-hydrogen) atoms. The Balaban J connectivity index is 1.39. The SMILES string of the molecule is CCOC(=O)C1=CC(=O)c2c(cccc2OCC(O)COc2cccc3c2C(=O)C=C(C(=O)OCC)C3)C1. The molecule has 9 heteroatoms. The number of benzene rings is 2. The normalized spacial score (nSPS) is 14.2. The molecule has 0 fully saturated rings. The van der Waals surface area contributed by atoms with E-state index in [1.54, 1.807) is 50.2 Å². The second-order valence-corrected chi connectivity index (χ2v) is 8.72. The van der Waals surface area contributed by atoms with Crippen molar-refractivity contribution in [2.45, 2.75) is 32.8 Å². The molecule has 0 spiro atoms. The smallest absolute Gasteiger partial charge is 0.334 e. The molecule has 0 bridgehead atoms. The maximum atomic E-state index is 12.7. The van der Waals surface area contributed by atoms with Crippen molar-refractivity contribution in [2.75, 3.05) is 26.4 Å². The van der Waals surface area contributed by atoms with E-state index in [1.165, 1.54) is 12.2 Å². The van der Waals surface area contributed by atoms with Crippen LogP contribution in [0.1, 0.15) is 45.7 Å². The molecule has 9 nitrogen and oxygen atoms in total. The molecule has 0 saturated carbocycles. The second kappa shape index (κ2) is 11.9. The Hall–Kier alpha value is -4.24. The van der Waals surface area contributed by atoms with Crippen LogP contribution in [0.3, 0.4) is 0 Å². The zero-order chi connectivity index (χ0) is 27.2. The maximum Gasteiger partial charge on any atom is 0.334 e. The van der Waals surface area contributed by atoms with E-state index < -0.39 is 18.0 Å². The van der Waals surface area contributed by atoms with Gasteiger partial charge >= 0.3 is 11.9 Å². The summed E-state index contributed by atoms with van der Waals surface area (Å²) in [7, 11) is 0. The van der Waals surface area contributed by atoms with Gasteiger partial charge < -0.3 is 24.1 Å². The number of aliphatic hydroxyl groups excluding tert-OH is 1. The third kappa shape index (κ3) is 5.84. The first-order chi connectivity index (χ1) is 18.3. The van der Waals surface area contributed by atoms with E-state index >= 15 is 0 Å². The van der Waals surface area contributed by atoms with Crippen LogP contribution in [0.4, 0.5) is 0 Å². The minimum Gasteiger partial charge on any atom is -0.490 e. The van der Waals surface area contributed by atoms with E-state index in [1.807, 2.05) is 0 Å². The topological polar surface area (TPSA) is 125 Å². The average molecular weight is 521 g/mol. The Morgan fingerprint density at radius 2 is 1.18 bits per heavy atom. The molecule has 2 aliphatic rings. The fraction of sp³-hybridized carbons (Fsp3) is 0.310. The third-order valence-electron chi connectivity index (χ3n) is 6.03. The van der Waals surface area contributed by atoms with Gasteiger partial charge in [0.2, 0.25) is 0 Å². The van der Waals surface area contributed by atoms with Gasteiger partial charge in [-0.25, -0.2) is 9.59 Å². The Labute approximate surface area is 219 Å². The van der Waals surface area contributed by atoms with Crippen molar-refractivity contribution in [3.05, 3.63) is 82.0 Å². The van der Waals surface area contributed by atoms with Gasteiger partial charge in [0.15, 0.2) is 11.6 Å². The molecule has 0 aromatic heterocycles. The molecule has 1 N–H and O–H groups in total. The van der Waals surface area contributed by atoms with E-state index in [0.29, 0.717) is 22.3 Å². The highest BCUT2D eigenvalue weighted by Crippen LogP contribution is 2.31. The first kappa shape index (κ1) is 26.8. The highest BCUT2D eigenvalue weighted by Gasteiger charge is 2.27. The molecular weight excluding hydrogens is 492 g/mol. The van der Waals surface area contributed by atoms with Gasteiger partial charge in [0.05, 0.1) is 24.3 Å². The Morgan fingerprint density at radius 3 is 1.58 bits per heavy atom. The number of ether oxygens (including phenoxy) is 4. The van der Waals surface area contributed by atoms with Gasteiger partial charge in [-0.3, -0.25) is 9.59 Å². The van der Waals surface area contributed by atoms with Crippen molar-refractivity contribution in [2.24, 2.45) is 0 Å².